The standard InChI is InChI=1S/C13H11ClO2S/c1-2-16-10-6-4-3-5-9(10)13(15)11-7-8-12(14)17-11/h3-8H,2H2,1H3. The van der Waals surface area contributed by atoms with Crippen molar-refractivity contribution in [3.8, 4) is 5.75 Å². The van der Waals surface area contributed by atoms with Crippen molar-refractivity contribution in [1.29, 1.82) is 0 Å². The molecule has 0 saturated carbocycles. The topological polar surface area (TPSA) is 26.3 Å². The van der Waals surface area contributed by atoms with E-state index in [1.54, 1.807) is 24.3 Å². The van der Waals surface area contributed by atoms with E-state index in [-0.39, 0.29) is 5.78 Å². The predicted octanol–water partition coefficient (Wildman–Crippen LogP) is 4.03. The highest BCUT2D eigenvalue weighted by Crippen LogP contribution is 2.27. The normalized spacial score (nSPS) is 10.2. The van der Waals surface area contributed by atoms with E-state index >= 15 is 0 Å². The van der Waals surface area contributed by atoms with E-state index in [1.807, 2.05) is 19.1 Å². The summed E-state index contributed by atoms with van der Waals surface area (Å²) in [6.45, 7) is 2.43. The molecule has 1 heterocycles. The molecule has 0 unspecified atom stereocenters. The van der Waals surface area contributed by atoms with E-state index < -0.39 is 0 Å². The van der Waals surface area contributed by atoms with Crippen molar-refractivity contribution in [3.05, 3.63) is 51.2 Å². The lowest BCUT2D eigenvalue weighted by Gasteiger charge is -2.07. The van der Waals surface area contributed by atoms with Crippen LogP contribution in [0.5, 0.6) is 5.75 Å². The molecule has 0 N–H and O–H groups in total. The van der Waals surface area contributed by atoms with Gasteiger partial charge in [0.05, 0.1) is 21.4 Å². The first-order valence-corrected chi connectivity index (χ1v) is 6.43. The van der Waals surface area contributed by atoms with E-state index in [4.69, 9.17) is 16.3 Å². The van der Waals surface area contributed by atoms with Gasteiger partial charge in [0.25, 0.3) is 0 Å². The van der Waals surface area contributed by atoms with Crippen LogP contribution in [0.15, 0.2) is 36.4 Å². The van der Waals surface area contributed by atoms with Crippen LogP contribution < -0.4 is 4.74 Å². The van der Waals surface area contributed by atoms with Gasteiger partial charge >= 0.3 is 0 Å². The zero-order chi connectivity index (χ0) is 12.3. The van der Waals surface area contributed by atoms with Crippen LogP contribution in [0.1, 0.15) is 22.2 Å². The molecule has 0 fully saturated rings. The highest BCUT2D eigenvalue weighted by atomic mass is 35.5. The first kappa shape index (κ1) is 12.1. The van der Waals surface area contributed by atoms with Crippen molar-refractivity contribution in [1.82, 2.24) is 0 Å². The zero-order valence-corrected chi connectivity index (χ0v) is 10.8. The van der Waals surface area contributed by atoms with Crippen LogP contribution in [0.3, 0.4) is 0 Å². The molecule has 0 aliphatic heterocycles. The minimum atomic E-state index is -0.0500. The van der Waals surface area contributed by atoms with Crippen molar-refractivity contribution in [2.75, 3.05) is 6.61 Å². The van der Waals surface area contributed by atoms with E-state index in [0.717, 1.165) is 0 Å². The third-order valence-corrected chi connectivity index (χ3v) is 3.46. The van der Waals surface area contributed by atoms with Crippen molar-refractivity contribution in [3.63, 3.8) is 0 Å². The summed E-state index contributed by atoms with van der Waals surface area (Å²) in [5.41, 5.74) is 0.577. The maximum absolute atomic E-state index is 12.2. The maximum atomic E-state index is 12.2. The number of benzene rings is 1. The summed E-state index contributed by atoms with van der Waals surface area (Å²) in [5, 5.41) is 0. The molecule has 2 aromatic rings. The fourth-order valence-corrected chi connectivity index (χ4v) is 2.50. The van der Waals surface area contributed by atoms with Crippen LogP contribution in [0.25, 0.3) is 0 Å². The Labute approximate surface area is 109 Å². The van der Waals surface area contributed by atoms with E-state index in [2.05, 4.69) is 0 Å². The molecule has 0 bridgehead atoms. The highest BCUT2D eigenvalue weighted by Gasteiger charge is 2.15. The van der Waals surface area contributed by atoms with Gasteiger partial charge in [-0.2, -0.15) is 0 Å². The Morgan fingerprint density at radius 2 is 2.06 bits per heavy atom. The van der Waals surface area contributed by atoms with Gasteiger partial charge in [0.2, 0.25) is 5.78 Å². The van der Waals surface area contributed by atoms with Crippen molar-refractivity contribution < 1.29 is 9.53 Å². The van der Waals surface area contributed by atoms with Gasteiger partial charge in [-0.3, -0.25) is 4.79 Å². The van der Waals surface area contributed by atoms with Gasteiger partial charge < -0.3 is 4.74 Å². The summed E-state index contributed by atoms with van der Waals surface area (Å²) in [5.74, 6) is 0.565. The largest absolute Gasteiger partial charge is 0.493 e. The fraction of sp³-hybridized carbons (Fsp3) is 0.154. The number of hydrogen-bond donors (Lipinski definition) is 0. The maximum Gasteiger partial charge on any atom is 0.206 e. The molecule has 0 atom stereocenters. The molecule has 0 aliphatic rings. The number of ether oxygens (including phenoxy) is 1. The molecule has 2 rings (SSSR count). The van der Waals surface area contributed by atoms with Crippen molar-refractivity contribution >= 4 is 28.7 Å². The summed E-state index contributed by atoms with van der Waals surface area (Å²) in [4.78, 5) is 12.9. The second-order valence-corrected chi connectivity index (χ2v) is 5.08. The Kier molecular flexibility index (Phi) is 3.82. The molecule has 0 spiro atoms. The SMILES string of the molecule is CCOc1ccccc1C(=O)c1ccc(Cl)s1. The Balaban J connectivity index is 2.36. The van der Waals surface area contributed by atoms with Crippen molar-refractivity contribution in [2.45, 2.75) is 6.92 Å². The van der Waals surface area contributed by atoms with Crippen LogP contribution in [-0.2, 0) is 0 Å². The summed E-state index contributed by atoms with van der Waals surface area (Å²) in [6.07, 6.45) is 0. The van der Waals surface area contributed by atoms with E-state index in [1.165, 1.54) is 11.3 Å². The Morgan fingerprint density at radius 1 is 1.29 bits per heavy atom. The molecular weight excluding hydrogens is 256 g/mol. The summed E-state index contributed by atoms with van der Waals surface area (Å²) in [7, 11) is 0. The number of carbonyl (C=O) groups excluding carboxylic acids is 1. The number of thiophene rings is 1. The predicted molar refractivity (Wildman–Crippen MR) is 70.4 cm³/mol. The lowest BCUT2D eigenvalue weighted by Crippen LogP contribution is -2.03. The molecule has 1 aromatic heterocycles. The summed E-state index contributed by atoms with van der Waals surface area (Å²) >= 11 is 7.11. The van der Waals surface area contributed by atoms with E-state index in [9.17, 15) is 4.79 Å². The van der Waals surface area contributed by atoms with Gasteiger partial charge in [0.15, 0.2) is 0 Å². The van der Waals surface area contributed by atoms with Crippen LogP contribution in [0.4, 0.5) is 0 Å². The van der Waals surface area contributed by atoms with Crippen molar-refractivity contribution in [2.24, 2.45) is 0 Å². The molecule has 0 amide bonds. The van der Waals surface area contributed by atoms with Gasteiger partial charge in [-0.25, -0.2) is 0 Å². The molecule has 1 aromatic carbocycles. The second kappa shape index (κ2) is 5.34. The molecule has 0 aliphatic carbocycles. The minimum absolute atomic E-state index is 0.0500. The Morgan fingerprint density at radius 3 is 2.71 bits per heavy atom. The first-order chi connectivity index (χ1) is 8.22. The van der Waals surface area contributed by atoms with Gasteiger partial charge in [0.1, 0.15) is 5.75 Å². The van der Waals surface area contributed by atoms with Gasteiger partial charge in [-0.05, 0) is 31.2 Å². The Hall–Kier alpha value is -1.32. The number of halogens is 1. The minimum Gasteiger partial charge on any atom is -0.493 e. The fourth-order valence-electron chi connectivity index (χ4n) is 1.50. The van der Waals surface area contributed by atoms with Gasteiger partial charge in [-0.1, -0.05) is 23.7 Å². The number of carbonyl (C=O) groups is 1. The van der Waals surface area contributed by atoms with Crippen LogP contribution >= 0.6 is 22.9 Å². The first-order valence-electron chi connectivity index (χ1n) is 5.24. The van der Waals surface area contributed by atoms with Crippen LogP contribution in [0, 0.1) is 0 Å². The third kappa shape index (κ3) is 2.68. The van der Waals surface area contributed by atoms with Gasteiger partial charge in [0, 0.05) is 0 Å². The zero-order valence-electron chi connectivity index (χ0n) is 9.27. The van der Waals surface area contributed by atoms with E-state index in [0.29, 0.717) is 27.1 Å². The molecule has 2 nitrogen and oxygen atoms in total. The number of ketones is 1. The van der Waals surface area contributed by atoms with Gasteiger partial charge in [-0.15, -0.1) is 11.3 Å². The number of para-hydroxylation sites is 1. The molecule has 0 radical (unpaired) electrons. The quantitative estimate of drug-likeness (QED) is 0.781. The monoisotopic (exact) mass is 266 g/mol. The van der Waals surface area contributed by atoms with Crippen LogP contribution in [-0.4, -0.2) is 12.4 Å². The lowest BCUT2D eigenvalue weighted by atomic mass is 10.1. The number of rotatable bonds is 4. The summed E-state index contributed by atoms with van der Waals surface area (Å²) < 4.78 is 6.05. The molecule has 17 heavy (non-hydrogen) atoms. The molecular formula is C13H11ClO2S. The molecule has 88 valence electrons. The molecule has 4 heteroatoms. The third-order valence-electron chi connectivity index (χ3n) is 2.23. The number of hydrogen-bond acceptors (Lipinski definition) is 3. The smallest absolute Gasteiger partial charge is 0.206 e. The average molecular weight is 267 g/mol. The second-order valence-electron chi connectivity index (χ2n) is 3.36. The lowest BCUT2D eigenvalue weighted by molar-refractivity contribution is 0.103. The average Bonchev–Trinajstić information content (AvgIpc) is 2.76. The Bertz CT molecular complexity index is 534. The summed E-state index contributed by atoms with van der Waals surface area (Å²) in [6, 6.07) is 10.7. The van der Waals surface area contributed by atoms with Crippen LogP contribution in [0.2, 0.25) is 4.34 Å². The molecule has 0 saturated heterocycles. The highest BCUT2D eigenvalue weighted by molar-refractivity contribution is 7.18.